The largest absolute Gasteiger partial charge is 0.381 e. The van der Waals surface area contributed by atoms with Crippen LogP contribution in [0.3, 0.4) is 0 Å². The van der Waals surface area contributed by atoms with Crippen molar-refractivity contribution in [3.05, 3.63) is 0 Å². The van der Waals surface area contributed by atoms with Crippen LogP contribution >= 0.6 is 0 Å². The van der Waals surface area contributed by atoms with Crippen LogP contribution in [0.4, 0.5) is 0 Å². The summed E-state index contributed by atoms with van der Waals surface area (Å²) in [7, 11) is 0. The van der Waals surface area contributed by atoms with Crippen LogP contribution in [0.5, 0.6) is 0 Å². The lowest BCUT2D eigenvalue weighted by Crippen LogP contribution is -2.39. The second-order valence-electron chi connectivity index (χ2n) is 5.93. The molecule has 0 amide bonds. The molecule has 0 aromatic heterocycles. The minimum absolute atomic E-state index is 0.786. The van der Waals surface area contributed by atoms with Gasteiger partial charge in [-0.05, 0) is 56.4 Å². The topological polar surface area (TPSA) is 21.3 Å². The molecule has 2 aliphatic rings. The molecule has 1 heterocycles. The van der Waals surface area contributed by atoms with Crippen molar-refractivity contribution in [1.29, 1.82) is 0 Å². The third-order valence-electron chi connectivity index (χ3n) is 4.63. The molecule has 0 aromatic carbocycles. The van der Waals surface area contributed by atoms with Gasteiger partial charge < -0.3 is 10.1 Å². The zero-order valence-corrected chi connectivity index (χ0v) is 10.9. The lowest BCUT2D eigenvalue weighted by molar-refractivity contribution is 0.0642. The molecule has 1 saturated carbocycles. The van der Waals surface area contributed by atoms with Gasteiger partial charge in [-0.2, -0.15) is 0 Å². The molecule has 16 heavy (non-hydrogen) atoms. The van der Waals surface area contributed by atoms with Crippen LogP contribution in [0, 0.1) is 17.8 Å². The zero-order valence-electron chi connectivity index (χ0n) is 10.9. The molecule has 1 aliphatic heterocycles. The van der Waals surface area contributed by atoms with Gasteiger partial charge in [-0.15, -0.1) is 0 Å². The summed E-state index contributed by atoms with van der Waals surface area (Å²) in [5.74, 6) is 2.70. The molecule has 2 nitrogen and oxygen atoms in total. The first-order chi connectivity index (χ1) is 7.75. The maximum atomic E-state index is 5.39. The lowest BCUT2D eigenvalue weighted by atomic mass is 9.79. The third kappa shape index (κ3) is 3.46. The highest BCUT2D eigenvalue weighted by Gasteiger charge is 2.24. The molecule has 0 spiro atoms. The van der Waals surface area contributed by atoms with E-state index in [1.54, 1.807) is 0 Å². The molecule has 2 heteroatoms. The van der Waals surface area contributed by atoms with E-state index in [0.717, 1.165) is 37.0 Å². The van der Waals surface area contributed by atoms with Gasteiger partial charge in [0.05, 0.1) is 0 Å². The second-order valence-corrected chi connectivity index (χ2v) is 5.93. The summed E-state index contributed by atoms with van der Waals surface area (Å²) < 4.78 is 5.39. The summed E-state index contributed by atoms with van der Waals surface area (Å²) in [6, 6.07) is 0.786. The predicted molar refractivity (Wildman–Crippen MR) is 67.5 cm³/mol. The van der Waals surface area contributed by atoms with E-state index in [-0.39, 0.29) is 0 Å². The Balaban J connectivity index is 1.65. The maximum Gasteiger partial charge on any atom is 0.0469 e. The maximum absolute atomic E-state index is 5.39. The summed E-state index contributed by atoms with van der Waals surface area (Å²) in [5, 5.41) is 3.79. The Kier molecular flexibility index (Phi) is 4.66. The Hall–Kier alpha value is -0.0800. The molecule has 3 unspecified atom stereocenters. The Morgan fingerprint density at radius 3 is 2.44 bits per heavy atom. The molecule has 1 N–H and O–H groups in total. The summed E-state index contributed by atoms with van der Waals surface area (Å²) in [6.45, 7) is 7.98. The number of ether oxygens (including phenoxy) is 1. The molecule has 1 saturated heterocycles. The fraction of sp³-hybridized carbons (Fsp3) is 1.00. The first-order valence-corrected chi connectivity index (χ1v) is 7.07. The number of nitrogens with one attached hydrogen (secondary N) is 1. The smallest absolute Gasteiger partial charge is 0.0469 e. The number of hydrogen-bond acceptors (Lipinski definition) is 2. The predicted octanol–water partition coefficient (Wildman–Crippen LogP) is 2.83. The highest BCUT2D eigenvalue weighted by molar-refractivity contribution is 4.80. The van der Waals surface area contributed by atoms with Gasteiger partial charge in [0.1, 0.15) is 0 Å². The van der Waals surface area contributed by atoms with Crippen molar-refractivity contribution in [2.75, 3.05) is 19.8 Å². The van der Waals surface area contributed by atoms with E-state index in [1.165, 1.54) is 38.6 Å². The Morgan fingerprint density at radius 2 is 1.75 bits per heavy atom. The SMILES string of the molecule is CC1CCC(NCC2CCOCC2)CC1C. The van der Waals surface area contributed by atoms with Crippen LogP contribution in [0.1, 0.15) is 46.0 Å². The quantitative estimate of drug-likeness (QED) is 0.797. The van der Waals surface area contributed by atoms with E-state index in [2.05, 4.69) is 19.2 Å². The van der Waals surface area contributed by atoms with Gasteiger partial charge in [-0.3, -0.25) is 0 Å². The van der Waals surface area contributed by atoms with Crippen molar-refractivity contribution in [2.24, 2.45) is 17.8 Å². The molecule has 94 valence electrons. The monoisotopic (exact) mass is 225 g/mol. The van der Waals surface area contributed by atoms with E-state index >= 15 is 0 Å². The van der Waals surface area contributed by atoms with Crippen molar-refractivity contribution in [2.45, 2.75) is 52.0 Å². The van der Waals surface area contributed by atoms with Crippen molar-refractivity contribution >= 4 is 0 Å². The molecule has 0 bridgehead atoms. The molecule has 0 radical (unpaired) electrons. The van der Waals surface area contributed by atoms with Crippen molar-refractivity contribution in [3.8, 4) is 0 Å². The number of hydrogen-bond donors (Lipinski definition) is 1. The average molecular weight is 225 g/mol. The van der Waals surface area contributed by atoms with E-state index in [9.17, 15) is 0 Å². The first kappa shape index (κ1) is 12.4. The van der Waals surface area contributed by atoms with Crippen LogP contribution in [0.15, 0.2) is 0 Å². The van der Waals surface area contributed by atoms with Crippen LogP contribution in [0.2, 0.25) is 0 Å². The minimum Gasteiger partial charge on any atom is -0.381 e. The summed E-state index contributed by atoms with van der Waals surface area (Å²) >= 11 is 0. The first-order valence-electron chi connectivity index (χ1n) is 7.07. The van der Waals surface area contributed by atoms with Gasteiger partial charge in [-0.25, -0.2) is 0 Å². The fourth-order valence-electron chi connectivity index (χ4n) is 3.02. The fourth-order valence-corrected chi connectivity index (χ4v) is 3.02. The zero-order chi connectivity index (χ0) is 11.4. The molecule has 2 rings (SSSR count). The standard InChI is InChI=1S/C14H27NO/c1-11-3-4-14(9-12(11)2)15-10-13-5-7-16-8-6-13/h11-15H,3-10H2,1-2H3. The van der Waals surface area contributed by atoms with Crippen LogP contribution in [-0.2, 0) is 4.74 Å². The molecular weight excluding hydrogens is 198 g/mol. The van der Waals surface area contributed by atoms with Gasteiger partial charge >= 0.3 is 0 Å². The van der Waals surface area contributed by atoms with Crippen molar-refractivity contribution in [3.63, 3.8) is 0 Å². The summed E-state index contributed by atoms with van der Waals surface area (Å²) in [6.07, 6.45) is 6.68. The highest BCUT2D eigenvalue weighted by Crippen LogP contribution is 2.29. The second kappa shape index (κ2) is 6.02. The van der Waals surface area contributed by atoms with Gasteiger partial charge in [0.25, 0.3) is 0 Å². The summed E-state index contributed by atoms with van der Waals surface area (Å²) in [4.78, 5) is 0. The highest BCUT2D eigenvalue weighted by atomic mass is 16.5. The minimum atomic E-state index is 0.786. The van der Waals surface area contributed by atoms with Gasteiger partial charge in [-0.1, -0.05) is 13.8 Å². The van der Waals surface area contributed by atoms with Crippen LogP contribution in [0.25, 0.3) is 0 Å². The van der Waals surface area contributed by atoms with Gasteiger partial charge in [0.2, 0.25) is 0 Å². The van der Waals surface area contributed by atoms with Crippen molar-refractivity contribution in [1.82, 2.24) is 5.32 Å². The molecular formula is C14H27NO. The van der Waals surface area contributed by atoms with E-state index < -0.39 is 0 Å². The van der Waals surface area contributed by atoms with Crippen molar-refractivity contribution < 1.29 is 4.74 Å². The van der Waals surface area contributed by atoms with Crippen LogP contribution in [-0.4, -0.2) is 25.8 Å². The van der Waals surface area contributed by atoms with E-state index in [0.29, 0.717) is 0 Å². The van der Waals surface area contributed by atoms with Crippen LogP contribution < -0.4 is 5.32 Å². The third-order valence-corrected chi connectivity index (χ3v) is 4.63. The molecule has 1 aliphatic carbocycles. The van der Waals surface area contributed by atoms with Gasteiger partial charge in [0.15, 0.2) is 0 Å². The molecule has 2 fully saturated rings. The average Bonchev–Trinajstić information content (AvgIpc) is 2.32. The normalized spacial score (nSPS) is 37.5. The Labute approximate surface area is 100 Å². The lowest BCUT2D eigenvalue weighted by Gasteiger charge is -2.34. The number of rotatable bonds is 3. The van der Waals surface area contributed by atoms with Gasteiger partial charge in [0, 0.05) is 19.3 Å². The molecule has 3 atom stereocenters. The Bertz CT molecular complexity index is 201. The summed E-state index contributed by atoms with van der Waals surface area (Å²) in [5.41, 5.74) is 0. The van der Waals surface area contributed by atoms with E-state index in [1.807, 2.05) is 0 Å². The molecule has 0 aromatic rings. The Morgan fingerprint density at radius 1 is 1.00 bits per heavy atom. The van der Waals surface area contributed by atoms with E-state index in [4.69, 9.17) is 4.74 Å².